The Morgan fingerprint density at radius 1 is 1.32 bits per heavy atom. The molecule has 2 aliphatic rings. The lowest BCUT2D eigenvalue weighted by atomic mass is 9.66. The van der Waals surface area contributed by atoms with Gasteiger partial charge in [-0.2, -0.15) is 0 Å². The van der Waals surface area contributed by atoms with Crippen molar-refractivity contribution < 1.29 is 24.1 Å². The number of benzene rings is 1. The van der Waals surface area contributed by atoms with Gasteiger partial charge in [0.2, 0.25) is 6.79 Å². The zero-order chi connectivity index (χ0) is 17.8. The van der Waals surface area contributed by atoms with Crippen LogP contribution >= 0.6 is 0 Å². The normalized spacial score (nSPS) is 27.0. The van der Waals surface area contributed by atoms with E-state index in [4.69, 9.17) is 14.2 Å². The Labute approximate surface area is 142 Å². The summed E-state index contributed by atoms with van der Waals surface area (Å²) in [5.41, 5.74) is -0.0154. The summed E-state index contributed by atoms with van der Waals surface area (Å²) in [4.78, 5) is 24.9. The summed E-state index contributed by atoms with van der Waals surface area (Å²) in [7, 11) is 1.27. The van der Waals surface area contributed by atoms with E-state index < -0.39 is 23.4 Å². The van der Waals surface area contributed by atoms with E-state index >= 15 is 0 Å². The molecule has 1 aromatic heterocycles. The number of carbonyl (C=O) groups is 1. The lowest BCUT2D eigenvalue weighted by molar-refractivity contribution is -0.156. The first-order valence-electron chi connectivity index (χ1n) is 7.91. The van der Waals surface area contributed by atoms with E-state index in [2.05, 4.69) is 10.2 Å². The Balaban J connectivity index is 1.93. The number of methoxy groups -OCH3 is 1. The molecule has 4 rings (SSSR count). The Bertz CT molecular complexity index is 897. The minimum Gasteiger partial charge on any atom is -0.469 e. The predicted octanol–water partition coefficient (Wildman–Crippen LogP) is 0.660. The third-order valence-electron chi connectivity index (χ3n) is 4.96. The smallest absolute Gasteiger partial charge is 0.312 e. The van der Waals surface area contributed by atoms with Gasteiger partial charge < -0.3 is 24.4 Å². The van der Waals surface area contributed by atoms with E-state index in [0.717, 1.165) is 0 Å². The van der Waals surface area contributed by atoms with Gasteiger partial charge in [0.05, 0.1) is 18.6 Å². The molecule has 0 saturated carbocycles. The van der Waals surface area contributed by atoms with Crippen molar-refractivity contribution in [2.24, 2.45) is 5.92 Å². The largest absolute Gasteiger partial charge is 0.469 e. The monoisotopic (exact) mass is 346 g/mol. The number of aromatic amines is 2. The molecule has 1 aliphatic heterocycles. The molecule has 25 heavy (non-hydrogen) atoms. The Morgan fingerprint density at radius 3 is 2.84 bits per heavy atom. The molecule has 3 N–H and O–H groups in total. The fourth-order valence-electron chi connectivity index (χ4n) is 3.85. The summed E-state index contributed by atoms with van der Waals surface area (Å²) < 4.78 is 15.7. The van der Waals surface area contributed by atoms with Crippen molar-refractivity contribution in [1.82, 2.24) is 10.2 Å². The molecule has 1 aliphatic carbocycles. The Kier molecular flexibility index (Phi) is 3.40. The van der Waals surface area contributed by atoms with Gasteiger partial charge in [-0.15, -0.1) is 0 Å². The molecule has 0 saturated heterocycles. The van der Waals surface area contributed by atoms with Crippen molar-refractivity contribution in [3.05, 3.63) is 45.4 Å². The number of aromatic nitrogens is 2. The molecule has 0 fully saturated rings. The molecule has 1 aromatic carbocycles. The molecule has 0 unspecified atom stereocenters. The Morgan fingerprint density at radius 2 is 2.08 bits per heavy atom. The van der Waals surface area contributed by atoms with Gasteiger partial charge >= 0.3 is 5.97 Å². The van der Waals surface area contributed by atoms with Gasteiger partial charge in [-0.05, 0) is 24.6 Å². The lowest BCUT2D eigenvalue weighted by Gasteiger charge is -2.40. The molecule has 3 atom stereocenters. The second-order valence-electron chi connectivity index (χ2n) is 6.60. The number of carbonyl (C=O) groups excluding carboxylic acids is 1. The third kappa shape index (κ3) is 2.32. The highest BCUT2D eigenvalue weighted by Gasteiger charge is 2.51. The molecule has 8 heteroatoms. The van der Waals surface area contributed by atoms with Crippen molar-refractivity contribution in [2.75, 3.05) is 13.9 Å². The van der Waals surface area contributed by atoms with Gasteiger partial charge in [-0.3, -0.25) is 14.7 Å². The van der Waals surface area contributed by atoms with Crippen LogP contribution in [0.1, 0.15) is 29.7 Å². The SMILES string of the molecule is COC(=O)[C@H]1[C@H](c2ccc3c(c2)OCO3)c2c([nH][nH]c2=O)C[C@]1(C)O. The van der Waals surface area contributed by atoms with E-state index in [1.54, 1.807) is 25.1 Å². The van der Waals surface area contributed by atoms with Crippen LogP contribution in [-0.2, 0) is 16.0 Å². The fraction of sp³-hybridized carbons (Fsp3) is 0.412. The zero-order valence-corrected chi connectivity index (χ0v) is 13.8. The van der Waals surface area contributed by atoms with E-state index in [1.807, 2.05) is 0 Å². The molecule has 132 valence electrons. The van der Waals surface area contributed by atoms with Crippen LogP contribution in [-0.4, -0.2) is 40.8 Å². The van der Waals surface area contributed by atoms with Crippen LogP contribution in [0, 0.1) is 5.92 Å². The first-order chi connectivity index (χ1) is 11.9. The maximum atomic E-state index is 12.5. The van der Waals surface area contributed by atoms with Crippen LogP contribution < -0.4 is 15.0 Å². The predicted molar refractivity (Wildman–Crippen MR) is 85.7 cm³/mol. The van der Waals surface area contributed by atoms with Crippen LogP contribution in [0.5, 0.6) is 11.5 Å². The van der Waals surface area contributed by atoms with Gasteiger partial charge in [0, 0.05) is 23.6 Å². The van der Waals surface area contributed by atoms with E-state index in [-0.39, 0.29) is 18.8 Å². The average molecular weight is 346 g/mol. The number of aliphatic hydroxyl groups is 1. The third-order valence-corrected chi connectivity index (χ3v) is 4.96. The summed E-state index contributed by atoms with van der Waals surface area (Å²) in [5, 5.41) is 16.3. The highest BCUT2D eigenvalue weighted by Crippen LogP contribution is 2.46. The van der Waals surface area contributed by atoms with Crippen molar-refractivity contribution in [2.45, 2.75) is 24.9 Å². The first-order valence-corrected chi connectivity index (χ1v) is 7.91. The minimum atomic E-state index is -1.38. The summed E-state index contributed by atoms with van der Waals surface area (Å²) in [6.07, 6.45) is 0.141. The maximum Gasteiger partial charge on any atom is 0.312 e. The summed E-state index contributed by atoms with van der Waals surface area (Å²) in [5.74, 6) is -1.03. The number of hydrogen-bond donors (Lipinski definition) is 3. The second kappa shape index (κ2) is 5.38. The van der Waals surface area contributed by atoms with Crippen LogP contribution in [0.4, 0.5) is 0 Å². The second-order valence-corrected chi connectivity index (χ2v) is 6.60. The maximum absolute atomic E-state index is 12.5. The minimum absolute atomic E-state index is 0.123. The van der Waals surface area contributed by atoms with Crippen molar-refractivity contribution in [3.8, 4) is 11.5 Å². The molecule has 2 aromatic rings. The number of H-pyrrole nitrogens is 2. The van der Waals surface area contributed by atoms with Gasteiger partial charge in [0.15, 0.2) is 11.5 Å². The quantitative estimate of drug-likeness (QED) is 0.689. The van der Waals surface area contributed by atoms with Crippen LogP contribution in [0.3, 0.4) is 0 Å². The molecule has 0 bridgehead atoms. The number of hydrogen-bond acceptors (Lipinski definition) is 6. The zero-order valence-electron chi connectivity index (χ0n) is 13.8. The topological polar surface area (TPSA) is 114 Å². The molecule has 0 spiro atoms. The number of ether oxygens (including phenoxy) is 3. The standard InChI is InChI=1S/C17H18N2O6/c1-17(22)6-9-13(15(20)19-18-9)12(14(17)16(21)23-2)8-3-4-10-11(5-8)25-7-24-10/h3-5,12,14,22H,6-7H2,1-2H3,(H2,18,19,20)/t12-,14-,17+/m1/s1. The van der Waals surface area contributed by atoms with Gasteiger partial charge in [-0.1, -0.05) is 6.07 Å². The van der Waals surface area contributed by atoms with Crippen molar-refractivity contribution >= 4 is 5.97 Å². The summed E-state index contributed by atoms with van der Waals surface area (Å²) >= 11 is 0. The average Bonchev–Trinajstić information content (AvgIpc) is 3.18. The van der Waals surface area contributed by atoms with Crippen LogP contribution in [0.15, 0.2) is 23.0 Å². The molecule has 8 nitrogen and oxygen atoms in total. The van der Waals surface area contributed by atoms with Crippen LogP contribution in [0.2, 0.25) is 0 Å². The first kappa shape index (κ1) is 15.8. The van der Waals surface area contributed by atoms with Gasteiger partial charge in [0.25, 0.3) is 5.56 Å². The molecular formula is C17H18N2O6. The van der Waals surface area contributed by atoms with E-state index in [9.17, 15) is 14.7 Å². The number of rotatable bonds is 2. The summed E-state index contributed by atoms with van der Waals surface area (Å²) in [6, 6.07) is 5.24. The molecule has 0 amide bonds. The number of nitrogens with one attached hydrogen (secondary N) is 2. The lowest BCUT2D eigenvalue weighted by Crippen LogP contribution is -2.49. The molecule has 0 radical (unpaired) electrons. The van der Waals surface area contributed by atoms with Crippen molar-refractivity contribution in [1.29, 1.82) is 0 Å². The fourth-order valence-corrected chi connectivity index (χ4v) is 3.85. The highest BCUT2D eigenvalue weighted by molar-refractivity contribution is 5.77. The molecule has 2 heterocycles. The van der Waals surface area contributed by atoms with Crippen LogP contribution in [0.25, 0.3) is 0 Å². The van der Waals surface area contributed by atoms with E-state index in [0.29, 0.717) is 28.3 Å². The summed E-state index contributed by atoms with van der Waals surface area (Å²) in [6.45, 7) is 1.69. The van der Waals surface area contributed by atoms with E-state index in [1.165, 1.54) is 7.11 Å². The number of fused-ring (bicyclic) bond motifs is 2. The highest BCUT2D eigenvalue weighted by atomic mass is 16.7. The van der Waals surface area contributed by atoms with Gasteiger partial charge in [0.1, 0.15) is 0 Å². The molecular weight excluding hydrogens is 328 g/mol. The van der Waals surface area contributed by atoms with Crippen molar-refractivity contribution in [3.63, 3.8) is 0 Å². The number of esters is 1. The Hall–Kier alpha value is -2.74. The van der Waals surface area contributed by atoms with Gasteiger partial charge in [-0.25, -0.2) is 0 Å².